The Morgan fingerprint density at radius 1 is 1.19 bits per heavy atom. The van der Waals surface area contributed by atoms with Crippen molar-refractivity contribution in [3.05, 3.63) is 24.3 Å². The molecule has 0 saturated carbocycles. The number of anilines is 1. The van der Waals surface area contributed by atoms with Crippen LogP contribution in [0, 0.1) is 5.92 Å². The molecule has 5 nitrogen and oxygen atoms in total. The maximum atomic E-state index is 12.1. The summed E-state index contributed by atoms with van der Waals surface area (Å²) >= 11 is 0. The van der Waals surface area contributed by atoms with Crippen LogP contribution in [0.25, 0.3) is 0 Å². The quantitative estimate of drug-likeness (QED) is 0.819. The van der Waals surface area contributed by atoms with Gasteiger partial charge in [-0.1, -0.05) is 12.2 Å². The second-order valence-corrected chi connectivity index (χ2v) is 4.93. The number of ether oxygens (including phenoxy) is 3. The Balaban J connectivity index is 2.11. The van der Waals surface area contributed by atoms with Crippen molar-refractivity contribution in [1.29, 1.82) is 0 Å². The van der Waals surface area contributed by atoms with E-state index < -0.39 is 0 Å². The van der Waals surface area contributed by atoms with Gasteiger partial charge in [0, 0.05) is 24.2 Å². The second kappa shape index (κ2) is 7.02. The predicted octanol–water partition coefficient (Wildman–Crippen LogP) is 3.01. The largest absolute Gasteiger partial charge is 0.493 e. The fraction of sp³-hybridized carbons (Fsp3) is 0.438. The van der Waals surface area contributed by atoms with Gasteiger partial charge in [-0.25, -0.2) is 0 Å². The second-order valence-electron chi connectivity index (χ2n) is 4.93. The predicted molar refractivity (Wildman–Crippen MR) is 81.2 cm³/mol. The van der Waals surface area contributed by atoms with Gasteiger partial charge >= 0.3 is 0 Å². The Morgan fingerprint density at radius 2 is 1.86 bits per heavy atom. The standard InChI is InChI=1S/C16H21NO4/c1-19-13-9-12(10-14(20-2)16(13)21-3)17-15(18)8-11-6-4-5-7-11/h4,6,9-11H,5,7-8H2,1-3H3,(H,17,18). The third-order valence-electron chi connectivity index (χ3n) is 3.51. The smallest absolute Gasteiger partial charge is 0.224 e. The summed E-state index contributed by atoms with van der Waals surface area (Å²) in [5.41, 5.74) is 0.636. The van der Waals surface area contributed by atoms with Gasteiger partial charge in [-0.2, -0.15) is 0 Å². The van der Waals surface area contributed by atoms with Gasteiger partial charge in [-0.3, -0.25) is 4.79 Å². The third kappa shape index (κ3) is 3.68. The number of benzene rings is 1. The van der Waals surface area contributed by atoms with E-state index in [0.29, 0.717) is 35.3 Å². The van der Waals surface area contributed by atoms with Gasteiger partial charge in [-0.15, -0.1) is 0 Å². The molecule has 2 rings (SSSR count). The zero-order valence-corrected chi connectivity index (χ0v) is 12.6. The number of amides is 1. The Hall–Kier alpha value is -2.17. The zero-order chi connectivity index (χ0) is 15.2. The number of hydrogen-bond acceptors (Lipinski definition) is 4. The fourth-order valence-electron chi connectivity index (χ4n) is 2.47. The minimum Gasteiger partial charge on any atom is -0.493 e. The molecule has 114 valence electrons. The normalized spacial score (nSPS) is 16.6. The van der Waals surface area contributed by atoms with Crippen LogP contribution in [0.1, 0.15) is 19.3 Å². The maximum Gasteiger partial charge on any atom is 0.224 e. The molecule has 1 aliphatic rings. The molecular formula is C16H21NO4. The van der Waals surface area contributed by atoms with E-state index in [0.717, 1.165) is 12.8 Å². The van der Waals surface area contributed by atoms with E-state index in [4.69, 9.17) is 14.2 Å². The average Bonchev–Trinajstić information content (AvgIpc) is 2.98. The van der Waals surface area contributed by atoms with E-state index >= 15 is 0 Å². The van der Waals surface area contributed by atoms with E-state index in [-0.39, 0.29) is 5.91 Å². The highest BCUT2D eigenvalue weighted by Gasteiger charge is 2.17. The zero-order valence-electron chi connectivity index (χ0n) is 12.6. The summed E-state index contributed by atoms with van der Waals surface area (Å²) in [4.78, 5) is 12.1. The molecule has 1 N–H and O–H groups in total. The van der Waals surface area contributed by atoms with E-state index in [1.807, 2.05) is 0 Å². The van der Waals surface area contributed by atoms with Gasteiger partial charge in [0.1, 0.15) is 0 Å². The number of carbonyl (C=O) groups is 1. The summed E-state index contributed by atoms with van der Waals surface area (Å²) < 4.78 is 15.8. The number of hydrogen-bond donors (Lipinski definition) is 1. The minimum atomic E-state index is -0.0131. The summed E-state index contributed by atoms with van der Waals surface area (Å²) in [7, 11) is 4.64. The van der Waals surface area contributed by atoms with Crippen molar-refractivity contribution in [3.8, 4) is 17.2 Å². The Bertz CT molecular complexity index is 514. The molecule has 0 radical (unpaired) electrons. The molecule has 1 amide bonds. The van der Waals surface area contributed by atoms with E-state index in [2.05, 4.69) is 17.5 Å². The summed E-state index contributed by atoms with van der Waals surface area (Å²) in [6, 6.07) is 3.45. The van der Waals surface area contributed by atoms with Gasteiger partial charge in [0.15, 0.2) is 11.5 Å². The molecule has 0 heterocycles. The first-order valence-corrected chi connectivity index (χ1v) is 6.94. The first kappa shape index (κ1) is 15.2. The van der Waals surface area contributed by atoms with Gasteiger partial charge in [0.2, 0.25) is 11.7 Å². The molecule has 0 aromatic heterocycles. The molecule has 0 bridgehead atoms. The third-order valence-corrected chi connectivity index (χ3v) is 3.51. The van der Waals surface area contributed by atoms with Crippen molar-refractivity contribution in [2.24, 2.45) is 5.92 Å². The summed E-state index contributed by atoms with van der Waals surface area (Å²) in [6.45, 7) is 0. The number of nitrogens with one attached hydrogen (secondary N) is 1. The van der Waals surface area contributed by atoms with Gasteiger partial charge in [0.05, 0.1) is 21.3 Å². The van der Waals surface area contributed by atoms with Crippen LogP contribution in [-0.2, 0) is 4.79 Å². The summed E-state index contributed by atoms with van der Waals surface area (Å²) in [5.74, 6) is 1.88. The van der Waals surface area contributed by atoms with Crippen LogP contribution in [0.4, 0.5) is 5.69 Å². The van der Waals surface area contributed by atoms with E-state index in [1.165, 1.54) is 0 Å². The Morgan fingerprint density at radius 3 is 2.33 bits per heavy atom. The minimum absolute atomic E-state index is 0.0131. The van der Waals surface area contributed by atoms with E-state index in [9.17, 15) is 4.79 Å². The SMILES string of the molecule is COc1cc(NC(=O)CC2C=CCC2)cc(OC)c1OC. The van der Waals surface area contributed by atoms with Crippen LogP contribution in [0.3, 0.4) is 0 Å². The highest BCUT2D eigenvalue weighted by Crippen LogP contribution is 2.40. The lowest BCUT2D eigenvalue weighted by Gasteiger charge is -2.15. The van der Waals surface area contributed by atoms with Crippen molar-refractivity contribution < 1.29 is 19.0 Å². The number of allylic oxidation sites excluding steroid dienone is 2. The average molecular weight is 291 g/mol. The van der Waals surface area contributed by atoms with Gasteiger partial charge in [0.25, 0.3) is 0 Å². The van der Waals surface area contributed by atoms with Crippen molar-refractivity contribution in [2.45, 2.75) is 19.3 Å². The van der Waals surface area contributed by atoms with Crippen LogP contribution in [0.5, 0.6) is 17.2 Å². The van der Waals surface area contributed by atoms with Crippen LogP contribution in [0.2, 0.25) is 0 Å². The first-order valence-electron chi connectivity index (χ1n) is 6.94. The lowest BCUT2D eigenvalue weighted by Crippen LogP contribution is -2.15. The molecule has 0 saturated heterocycles. The Labute approximate surface area is 124 Å². The topological polar surface area (TPSA) is 56.8 Å². The number of carbonyl (C=O) groups excluding carboxylic acids is 1. The molecular weight excluding hydrogens is 270 g/mol. The van der Waals surface area contributed by atoms with Crippen molar-refractivity contribution in [3.63, 3.8) is 0 Å². The lowest BCUT2D eigenvalue weighted by molar-refractivity contribution is -0.116. The molecule has 21 heavy (non-hydrogen) atoms. The van der Waals surface area contributed by atoms with Crippen LogP contribution in [-0.4, -0.2) is 27.2 Å². The summed E-state index contributed by atoms with van der Waals surface area (Å²) in [5, 5.41) is 2.88. The molecule has 0 fully saturated rings. The first-order chi connectivity index (χ1) is 10.2. The molecule has 1 aliphatic carbocycles. The number of methoxy groups -OCH3 is 3. The molecule has 1 unspecified atom stereocenters. The van der Waals surface area contributed by atoms with Crippen LogP contribution in [0.15, 0.2) is 24.3 Å². The lowest BCUT2D eigenvalue weighted by atomic mass is 10.1. The highest BCUT2D eigenvalue weighted by molar-refractivity contribution is 5.91. The number of rotatable bonds is 6. The molecule has 1 atom stereocenters. The van der Waals surface area contributed by atoms with Gasteiger partial charge in [-0.05, 0) is 18.8 Å². The van der Waals surface area contributed by atoms with Crippen LogP contribution >= 0.6 is 0 Å². The molecule has 0 aliphatic heterocycles. The van der Waals surface area contributed by atoms with E-state index in [1.54, 1.807) is 33.5 Å². The molecule has 1 aromatic rings. The van der Waals surface area contributed by atoms with Crippen molar-refractivity contribution in [1.82, 2.24) is 0 Å². The van der Waals surface area contributed by atoms with Crippen LogP contribution < -0.4 is 19.5 Å². The molecule has 1 aromatic carbocycles. The Kier molecular flexibility index (Phi) is 5.09. The monoisotopic (exact) mass is 291 g/mol. The van der Waals surface area contributed by atoms with Crippen molar-refractivity contribution in [2.75, 3.05) is 26.6 Å². The summed E-state index contributed by atoms with van der Waals surface area (Å²) in [6.07, 6.45) is 6.82. The maximum absolute atomic E-state index is 12.1. The molecule has 5 heteroatoms. The van der Waals surface area contributed by atoms with Gasteiger partial charge < -0.3 is 19.5 Å². The van der Waals surface area contributed by atoms with Crippen molar-refractivity contribution >= 4 is 11.6 Å². The molecule has 0 spiro atoms. The highest BCUT2D eigenvalue weighted by atomic mass is 16.5. The fourth-order valence-corrected chi connectivity index (χ4v) is 2.47.